The Bertz CT molecular complexity index is 1090. The maximum Gasteiger partial charge on any atom is 0.328 e. The number of nitro benzene ring substituents is 1. The van der Waals surface area contributed by atoms with Crippen LogP contribution in [0.3, 0.4) is 0 Å². The van der Waals surface area contributed by atoms with Gasteiger partial charge in [-0.2, -0.15) is 4.72 Å². The van der Waals surface area contributed by atoms with E-state index in [9.17, 15) is 28.1 Å². The van der Waals surface area contributed by atoms with Gasteiger partial charge in [-0.25, -0.2) is 13.2 Å². The van der Waals surface area contributed by atoms with Crippen molar-refractivity contribution < 1.29 is 27.7 Å². The van der Waals surface area contributed by atoms with Gasteiger partial charge in [0, 0.05) is 12.5 Å². The van der Waals surface area contributed by atoms with Crippen LogP contribution in [0.2, 0.25) is 0 Å². The molecule has 11 heteroatoms. The van der Waals surface area contributed by atoms with E-state index in [0.29, 0.717) is 0 Å². The van der Waals surface area contributed by atoms with E-state index in [1.165, 1.54) is 19.2 Å². The van der Waals surface area contributed by atoms with Crippen molar-refractivity contribution in [2.24, 2.45) is 5.92 Å². The lowest BCUT2D eigenvalue weighted by atomic mass is 10.0. The lowest BCUT2D eigenvalue weighted by Crippen LogP contribution is -2.52. The number of esters is 1. The minimum absolute atomic E-state index is 0.0973. The van der Waals surface area contributed by atoms with Gasteiger partial charge >= 0.3 is 5.97 Å². The summed E-state index contributed by atoms with van der Waals surface area (Å²) in [7, 11) is -3.23. The molecule has 0 radical (unpaired) electrons. The number of benzene rings is 2. The number of carbonyl (C=O) groups excluding carboxylic acids is 2. The van der Waals surface area contributed by atoms with E-state index in [1.807, 2.05) is 6.07 Å². The van der Waals surface area contributed by atoms with Crippen molar-refractivity contribution in [3.63, 3.8) is 0 Å². The highest BCUT2D eigenvalue weighted by atomic mass is 32.2. The number of nitrogens with one attached hydrogen (secondary N) is 2. The summed E-state index contributed by atoms with van der Waals surface area (Å²) in [5, 5.41) is 13.8. The van der Waals surface area contributed by atoms with Crippen LogP contribution < -0.4 is 10.0 Å². The molecule has 0 fully saturated rings. The average Bonchev–Trinajstić information content (AvgIpc) is 2.77. The Balaban J connectivity index is 2.30. The Kier molecular flexibility index (Phi) is 9.06. The predicted molar refractivity (Wildman–Crippen MR) is 121 cm³/mol. The van der Waals surface area contributed by atoms with E-state index in [1.54, 1.807) is 38.1 Å². The van der Waals surface area contributed by atoms with Crippen molar-refractivity contribution in [3.8, 4) is 0 Å². The highest BCUT2D eigenvalue weighted by Crippen LogP contribution is 2.23. The van der Waals surface area contributed by atoms with Gasteiger partial charge in [0.05, 0.1) is 12.0 Å². The number of hydrogen-bond donors (Lipinski definition) is 2. The fourth-order valence-corrected chi connectivity index (χ4v) is 4.60. The quantitative estimate of drug-likeness (QED) is 0.287. The molecule has 0 unspecified atom stereocenters. The smallest absolute Gasteiger partial charge is 0.328 e. The molecule has 2 N–H and O–H groups in total. The van der Waals surface area contributed by atoms with Gasteiger partial charge in [-0.05, 0) is 24.0 Å². The summed E-state index contributed by atoms with van der Waals surface area (Å²) in [5.41, 5.74) is 0.166. The standard InChI is InChI=1S/C22H27N3O7S/c1-15(2)13-17(24-33(30,31)20-12-8-7-11-19(20)25(28)29)21(26)23-18(22(27)32-3)14-16-9-5-4-6-10-16/h4-12,15,17-18,24H,13-14H2,1-3H3,(H,23,26)/t17-,18-/m0/s1. The zero-order valence-corrected chi connectivity index (χ0v) is 19.4. The minimum atomic E-state index is -4.41. The van der Waals surface area contributed by atoms with Crippen molar-refractivity contribution in [3.05, 3.63) is 70.3 Å². The molecule has 0 spiro atoms. The highest BCUT2D eigenvalue weighted by molar-refractivity contribution is 7.89. The second-order valence-electron chi connectivity index (χ2n) is 7.80. The number of para-hydroxylation sites is 1. The molecule has 0 bridgehead atoms. The fourth-order valence-electron chi connectivity index (χ4n) is 3.22. The van der Waals surface area contributed by atoms with E-state index in [4.69, 9.17) is 4.74 Å². The molecule has 0 saturated carbocycles. The number of carbonyl (C=O) groups is 2. The van der Waals surface area contributed by atoms with E-state index in [2.05, 4.69) is 10.0 Å². The van der Waals surface area contributed by atoms with E-state index < -0.39 is 49.5 Å². The SMILES string of the molecule is COC(=O)[C@H](Cc1ccccc1)NC(=O)[C@H](CC(C)C)NS(=O)(=O)c1ccccc1[N+](=O)[O-]. The molecule has 2 aromatic carbocycles. The molecule has 0 aliphatic heterocycles. The summed E-state index contributed by atoms with van der Waals surface area (Å²) in [6.45, 7) is 3.59. The number of ether oxygens (including phenoxy) is 1. The molecule has 2 rings (SSSR count). The Morgan fingerprint density at radius 2 is 1.64 bits per heavy atom. The first-order valence-corrected chi connectivity index (χ1v) is 11.7. The zero-order chi connectivity index (χ0) is 24.6. The van der Waals surface area contributed by atoms with Gasteiger partial charge < -0.3 is 10.1 Å². The first kappa shape index (κ1) is 25.9. The fraction of sp³-hybridized carbons (Fsp3) is 0.364. The molecule has 33 heavy (non-hydrogen) atoms. The van der Waals surface area contributed by atoms with Gasteiger partial charge in [0.15, 0.2) is 4.90 Å². The molecule has 0 aliphatic carbocycles. The molecule has 178 valence electrons. The maximum absolute atomic E-state index is 13.0. The minimum Gasteiger partial charge on any atom is -0.467 e. The van der Waals surface area contributed by atoms with E-state index in [0.717, 1.165) is 17.7 Å². The number of rotatable bonds is 11. The Labute approximate surface area is 192 Å². The van der Waals surface area contributed by atoms with Crippen molar-refractivity contribution in [2.75, 3.05) is 7.11 Å². The van der Waals surface area contributed by atoms with Crippen molar-refractivity contribution >= 4 is 27.6 Å². The van der Waals surface area contributed by atoms with Gasteiger partial charge in [-0.3, -0.25) is 14.9 Å². The lowest BCUT2D eigenvalue weighted by Gasteiger charge is -2.23. The van der Waals surface area contributed by atoms with Crippen molar-refractivity contribution in [2.45, 2.75) is 43.7 Å². The summed E-state index contributed by atoms with van der Waals surface area (Å²) in [6.07, 6.45) is 0.246. The van der Waals surface area contributed by atoms with Crippen molar-refractivity contribution in [1.82, 2.24) is 10.0 Å². The Morgan fingerprint density at radius 1 is 1.03 bits per heavy atom. The molecule has 0 aromatic heterocycles. The predicted octanol–water partition coefficient (Wildman–Crippen LogP) is 2.19. The van der Waals surface area contributed by atoms with Crippen molar-refractivity contribution in [1.29, 1.82) is 0 Å². The third-order valence-electron chi connectivity index (χ3n) is 4.76. The number of nitro groups is 1. The summed E-state index contributed by atoms with van der Waals surface area (Å²) >= 11 is 0. The van der Waals surface area contributed by atoms with Crippen LogP contribution in [0.5, 0.6) is 0 Å². The summed E-state index contributed by atoms with van der Waals surface area (Å²) in [4.78, 5) is 35.2. The Morgan fingerprint density at radius 3 is 2.21 bits per heavy atom. The topological polar surface area (TPSA) is 145 Å². The van der Waals surface area contributed by atoms with E-state index >= 15 is 0 Å². The second-order valence-corrected chi connectivity index (χ2v) is 9.48. The second kappa shape index (κ2) is 11.5. The van der Waals surface area contributed by atoms with Crippen LogP contribution in [0.15, 0.2) is 59.5 Å². The molecule has 10 nitrogen and oxygen atoms in total. The van der Waals surface area contributed by atoms with Gasteiger partial charge in [-0.15, -0.1) is 0 Å². The summed E-state index contributed by atoms with van der Waals surface area (Å²) in [6, 6.07) is 11.5. The molecule has 1 amide bonds. The largest absolute Gasteiger partial charge is 0.467 e. The number of methoxy groups -OCH3 is 1. The van der Waals surface area contributed by atoms with Crippen LogP contribution >= 0.6 is 0 Å². The summed E-state index contributed by atoms with van der Waals surface area (Å²) < 4.78 is 32.9. The third-order valence-corrected chi connectivity index (χ3v) is 6.28. The molecule has 2 aromatic rings. The molecule has 0 heterocycles. The molecule has 0 aliphatic rings. The molecule has 2 atom stereocenters. The van der Waals surface area contributed by atoms with Crippen LogP contribution in [-0.4, -0.2) is 44.4 Å². The van der Waals surface area contributed by atoms with Gasteiger partial charge in [-0.1, -0.05) is 56.3 Å². The van der Waals surface area contributed by atoms with Crippen LogP contribution in [0, 0.1) is 16.0 Å². The zero-order valence-electron chi connectivity index (χ0n) is 18.6. The highest BCUT2D eigenvalue weighted by Gasteiger charge is 2.33. The maximum atomic E-state index is 13.0. The summed E-state index contributed by atoms with van der Waals surface area (Å²) in [5.74, 6) is -1.52. The first-order chi connectivity index (χ1) is 15.5. The monoisotopic (exact) mass is 477 g/mol. The van der Waals surface area contributed by atoms with E-state index in [-0.39, 0.29) is 18.8 Å². The van der Waals surface area contributed by atoms with Gasteiger partial charge in [0.25, 0.3) is 5.69 Å². The molecular formula is C22H27N3O7S. The third kappa shape index (κ3) is 7.36. The molecular weight excluding hydrogens is 450 g/mol. The van der Waals surface area contributed by atoms with Gasteiger partial charge in [0.2, 0.25) is 15.9 Å². The Hall–Kier alpha value is -3.31. The normalized spacial score (nSPS) is 13.2. The average molecular weight is 478 g/mol. The number of amides is 1. The lowest BCUT2D eigenvalue weighted by molar-refractivity contribution is -0.387. The van der Waals surface area contributed by atoms with Crippen LogP contribution in [0.1, 0.15) is 25.8 Å². The number of nitrogens with zero attached hydrogens (tertiary/aromatic N) is 1. The van der Waals surface area contributed by atoms with Crippen LogP contribution in [-0.2, 0) is 30.8 Å². The van der Waals surface area contributed by atoms with Gasteiger partial charge in [0.1, 0.15) is 12.1 Å². The first-order valence-electron chi connectivity index (χ1n) is 10.2. The van der Waals surface area contributed by atoms with Crippen LogP contribution in [0.4, 0.5) is 5.69 Å². The number of hydrogen-bond acceptors (Lipinski definition) is 7. The molecule has 0 saturated heterocycles. The number of sulfonamides is 1. The van der Waals surface area contributed by atoms with Crippen LogP contribution in [0.25, 0.3) is 0 Å².